The average molecular weight is 452 g/mol. The Kier molecular flexibility index (Phi) is 5.87. The number of hydrogen-bond acceptors (Lipinski definition) is 5. The number of nitrogens with zero attached hydrogens (tertiary/aromatic N) is 5. The summed E-state index contributed by atoms with van der Waals surface area (Å²) in [6.07, 6.45) is 2.06. The van der Waals surface area contributed by atoms with E-state index >= 15 is 0 Å². The third-order valence-electron chi connectivity index (χ3n) is 6.02. The van der Waals surface area contributed by atoms with Crippen LogP contribution in [0, 0.1) is 12.7 Å². The minimum absolute atomic E-state index is 0.108. The molecule has 8 heteroatoms. The normalized spacial score (nSPS) is 16.4. The second-order valence-electron chi connectivity index (χ2n) is 8.38. The van der Waals surface area contributed by atoms with Gasteiger partial charge in [0.05, 0.1) is 11.3 Å². The lowest BCUT2D eigenvalue weighted by Gasteiger charge is -2.36. The summed E-state index contributed by atoms with van der Waals surface area (Å²) < 4.78 is 16.3. The van der Waals surface area contributed by atoms with Crippen LogP contribution in [0.5, 0.6) is 0 Å². The number of rotatable bonds is 6. The number of halogens is 1. The lowest BCUT2D eigenvalue weighted by Crippen LogP contribution is -2.49. The fourth-order valence-corrected chi connectivity index (χ4v) is 5.03. The van der Waals surface area contributed by atoms with Crippen LogP contribution in [-0.2, 0) is 4.79 Å². The van der Waals surface area contributed by atoms with Crippen LogP contribution in [0.4, 0.5) is 10.1 Å². The number of carbonyl (C=O) groups is 1. The van der Waals surface area contributed by atoms with Crippen molar-refractivity contribution in [3.63, 3.8) is 0 Å². The Bertz CT molecular complexity index is 1120. The first-order chi connectivity index (χ1) is 15.6. The number of carbonyl (C=O) groups excluding carboxylic acids is 1. The van der Waals surface area contributed by atoms with Gasteiger partial charge in [0.2, 0.25) is 5.91 Å². The van der Waals surface area contributed by atoms with Crippen LogP contribution >= 0.6 is 11.8 Å². The highest BCUT2D eigenvalue weighted by molar-refractivity contribution is 7.99. The van der Waals surface area contributed by atoms with E-state index in [-0.39, 0.29) is 17.8 Å². The van der Waals surface area contributed by atoms with Crippen molar-refractivity contribution in [2.45, 2.75) is 31.0 Å². The predicted octanol–water partition coefficient (Wildman–Crippen LogP) is 4.17. The fourth-order valence-electron chi connectivity index (χ4n) is 4.12. The maximum atomic E-state index is 14.3. The number of hydrogen-bond donors (Lipinski definition) is 0. The summed E-state index contributed by atoms with van der Waals surface area (Å²) in [6.45, 7) is 5.18. The lowest BCUT2D eigenvalue weighted by atomic mass is 10.2. The molecule has 5 rings (SSSR count). The highest BCUT2D eigenvalue weighted by Crippen LogP contribution is 2.41. The molecule has 1 aliphatic heterocycles. The van der Waals surface area contributed by atoms with Crippen molar-refractivity contribution in [3.8, 4) is 11.4 Å². The SMILES string of the molecule is Cc1cccc(N2CCN(C(=O)CSc3nnc(-c4ccccc4F)n3C3CC3)CC2)c1. The molecule has 0 unspecified atom stereocenters. The molecule has 6 nitrogen and oxygen atoms in total. The van der Waals surface area contributed by atoms with Gasteiger partial charge in [-0.25, -0.2) is 4.39 Å². The summed E-state index contributed by atoms with van der Waals surface area (Å²) >= 11 is 1.40. The Morgan fingerprint density at radius 1 is 1.06 bits per heavy atom. The van der Waals surface area contributed by atoms with Crippen LogP contribution in [0.15, 0.2) is 53.7 Å². The van der Waals surface area contributed by atoms with Crippen molar-refractivity contribution in [2.75, 3.05) is 36.8 Å². The highest BCUT2D eigenvalue weighted by atomic mass is 32.2. The molecule has 166 valence electrons. The molecular formula is C24H26FN5OS. The van der Waals surface area contributed by atoms with Crippen molar-refractivity contribution >= 4 is 23.4 Å². The number of benzene rings is 2. The number of anilines is 1. The van der Waals surface area contributed by atoms with E-state index in [2.05, 4.69) is 46.3 Å². The van der Waals surface area contributed by atoms with Crippen LogP contribution < -0.4 is 4.90 Å². The summed E-state index contributed by atoms with van der Waals surface area (Å²) in [5, 5.41) is 9.26. The van der Waals surface area contributed by atoms with Crippen LogP contribution in [-0.4, -0.2) is 57.5 Å². The zero-order chi connectivity index (χ0) is 22.1. The molecule has 0 radical (unpaired) electrons. The van der Waals surface area contributed by atoms with Crippen molar-refractivity contribution in [1.29, 1.82) is 0 Å². The Hall–Kier alpha value is -2.87. The van der Waals surface area contributed by atoms with E-state index in [1.54, 1.807) is 18.2 Å². The average Bonchev–Trinajstić information content (AvgIpc) is 3.57. The smallest absolute Gasteiger partial charge is 0.233 e. The summed E-state index contributed by atoms with van der Waals surface area (Å²) in [7, 11) is 0. The number of thioether (sulfide) groups is 1. The zero-order valence-corrected chi connectivity index (χ0v) is 18.9. The summed E-state index contributed by atoms with van der Waals surface area (Å²) in [5.41, 5.74) is 2.91. The Balaban J connectivity index is 1.22. The first-order valence-corrected chi connectivity index (χ1v) is 12.0. The summed E-state index contributed by atoms with van der Waals surface area (Å²) in [5.74, 6) is 0.664. The standard InChI is InChI=1S/C24H26FN5OS/c1-17-5-4-6-19(15-17)28-11-13-29(14-12-28)22(31)16-32-24-27-26-23(30(24)18-9-10-18)20-7-2-3-8-21(20)25/h2-8,15,18H,9-14,16H2,1H3. The van der Waals surface area contributed by atoms with Crippen LogP contribution in [0.3, 0.4) is 0 Å². The second-order valence-corrected chi connectivity index (χ2v) is 9.33. The van der Waals surface area contributed by atoms with Crippen LogP contribution in [0.25, 0.3) is 11.4 Å². The Labute approximate surface area is 191 Å². The molecule has 0 atom stereocenters. The van der Waals surface area contributed by atoms with Crippen molar-refractivity contribution in [2.24, 2.45) is 0 Å². The van der Waals surface area contributed by atoms with Gasteiger partial charge in [-0.05, 0) is 49.6 Å². The molecule has 32 heavy (non-hydrogen) atoms. The van der Waals surface area contributed by atoms with Gasteiger partial charge >= 0.3 is 0 Å². The molecular weight excluding hydrogens is 425 g/mol. The van der Waals surface area contributed by atoms with Gasteiger partial charge in [0.1, 0.15) is 5.82 Å². The molecule has 1 aliphatic carbocycles. The molecule has 2 fully saturated rings. The summed E-state index contributed by atoms with van der Waals surface area (Å²) in [6, 6.07) is 15.4. The van der Waals surface area contributed by atoms with Gasteiger partial charge in [0.25, 0.3) is 0 Å². The topological polar surface area (TPSA) is 54.3 Å². The largest absolute Gasteiger partial charge is 0.368 e. The van der Waals surface area contributed by atoms with E-state index in [0.29, 0.717) is 35.4 Å². The molecule has 0 N–H and O–H groups in total. The molecule has 0 spiro atoms. The van der Waals surface area contributed by atoms with Gasteiger partial charge in [0, 0.05) is 37.9 Å². The van der Waals surface area contributed by atoms with Gasteiger partial charge < -0.3 is 9.80 Å². The third kappa shape index (κ3) is 4.37. The Morgan fingerprint density at radius 2 is 1.84 bits per heavy atom. The third-order valence-corrected chi connectivity index (χ3v) is 6.94. The summed E-state index contributed by atoms with van der Waals surface area (Å²) in [4.78, 5) is 17.1. The monoisotopic (exact) mass is 451 g/mol. The zero-order valence-electron chi connectivity index (χ0n) is 18.1. The quantitative estimate of drug-likeness (QED) is 0.527. The van der Waals surface area contributed by atoms with E-state index in [1.807, 2.05) is 9.47 Å². The number of amides is 1. The molecule has 3 aromatic rings. The van der Waals surface area contributed by atoms with Crippen molar-refractivity contribution < 1.29 is 9.18 Å². The minimum atomic E-state index is -0.305. The van der Waals surface area contributed by atoms with E-state index in [0.717, 1.165) is 25.9 Å². The van der Waals surface area contributed by atoms with Crippen LogP contribution in [0.1, 0.15) is 24.4 Å². The molecule has 1 aromatic heterocycles. The number of aryl methyl sites for hydroxylation is 1. The van der Waals surface area contributed by atoms with E-state index in [1.165, 1.54) is 29.1 Å². The molecule has 0 bridgehead atoms. The van der Waals surface area contributed by atoms with E-state index in [4.69, 9.17) is 0 Å². The Morgan fingerprint density at radius 3 is 2.56 bits per heavy atom. The van der Waals surface area contributed by atoms with Gasteiger partial charge in [-0.3, -0.25) is 9.36 Å². The molecule has 2 aliphatic rings. The first kappa shape index (κ1) is 21.0. The predicted molar refractivity (Wildman–Crippen MR) is 124 cm³/mol. The van der Waals surface area contributed by atoms with E-state index in [9.17, 15) is 9.18 Å². The van der Waals surface area contributed by atoms with Crippen LogP contribution in [0.2, 0.25) is 0 Å². The maximum absolute atomic E-state index is 14.3. The molecule has 1 saturated heterocycles. The van der Waals surface area contributed by atoms with Gasteiger partial charge in [-0.2, -0.15) is 0 Å². The highest BCUT2D eigenvalue weighted by Gasteiger charge is 2.31. The minimum Gasteiger partial charge on any atom is -0.368 e. The second kappa shape index (κ2) is 8.94. The maximum Gasteiger partial charge on any atom is 0.233 e. The van der Waals surface area contributed by atoms with Crippen molar-refractivity contribution in [3.05, 3.63) is 59.9 Å². The van der Waals surface area contributed by atoms with Gasteiger partial charge in [-0.15, -0.1) is 10.2 Å². The number of aromatic nitrogens is 3. The lowest BCUT2D eigenvalue weighted by molar-refractivity contribution is -0.128. The molecule has 2 heterocycles. The molecule has 2 aromatic carbocycles. The van der Waals surface area contributed by atoms with E-state index < -0.39 is 0 Å². The molecule has 1 saturated carbocycles. The first-order valence-electron chi connectivity index (χ1n) is 11.0. The number of piperazine rings is 1. The van der Waals surface area contributed by atoms with Gasteiger partial charge in [-0.1, -0.05) is 36.0 Å². The van der Waals surface area contributed by atoms with Crippen molar-refractivity contribution in [1.82, 2.24) is 19.7 Å². The fraction of sp³-hybridized carbons (Fsp3) is 0.375. The van der Waals surface area contributed by atoms with Gasteiger partial charge in [0.15, 0.2) is 11.0 Å². The molecule has 1 amide bonds.